The van der Waals surface area contributed by atoms with E-state index in [1.54, 1.807) is 17.8 Å². The lowest BCUT2D eigenvalue weighted by Crippen LogP contribution is -2.46. The molecule has 1 N–H and O–H groups in total. The van der Waals surface area contributed by atoms with Gasteiger partial charge in [-0.05, 0) is 19.2 Å². The van der Waals surface area contributed by atoms with E-state index in [2.05, 4.69) is 22.2 Å². The van der Waals surface area contributed by atoms with Crippen molar-refractivity contribution in [1.29, 1.82) is 0 Å². The van der Waals surface area contributed by atoms with Crippen molar-refractivity contribution < 1.29 is 4.39 Å². The average Bonchev–Trinajstić information content (AvgIpc) is 2.48. The number of nitrogens with zero attached hydrogens (tertiary/aromatic N) is 2. The minimum atomic E-state index is -0.110. The second-order valence-electron chi connectivity index (χ2n) is 5.17. The minimum Gasteiger partial charge on any atom is -0.314 e. The SMILES string of the molecule is CN(CCSc1ccccc1F)CCN1CCNCC1. The maximum atomic E-state index is 13.5. The summed E-state index contributed by atoms with van der Waals surface area (Å²) in [6.45, 7) is 7.71. The molecule has 1 aliphatic heterocycles. The summed E-state index contributed by atoms with van der Waals surface area (Å²) in [5, 5.41) is 3.37. The van der Waals surface area contributed by atoms with Gasteiger partial charge in [0.15, 0.2) is 0 Å². The molecule has 0 spiro atoms. The maximum Gasteiger partial charge on any atom is 0.136 e. The van der Waals surface area contributed by atoms with Gasteiger partial charge in [-0.25, -0.2) is 4.39 Å². The van der Waals surface area contributed by atoms with Crippen molar-refractivity contribution >= 4 is 11.8 Å². The molecule has 3 nitrogen and oxygen atoms in total. The molecule has 2 rings (SSSR count). The summed E-state index contributed by atoms with van der Waals surface area (Å²) in [6.07, 6.45) is 0. The van der Waals surface area contributed by atoms with E-state index < -0.39 is 0 Å². The van der Waals surface area contributed by atoms with E-state index in [0.717, 1.165) is 56.5 Å². The molecular weight excluding hydrogens is 273 g/mol. The van der Waals surface area contributed by atoms with Crippen molar-refractivity contribution in [2.45, 2.75) is 4.90 Å². The quantitative estimate of drug-likeness (QED) is 0.773. The molecule has 0 bridgehead atoms. The Morgan fingerprint density at radius 2 is 2.00 bits per heavy atom. The van der Waals surface area contributed by atoms with Crippen LogP contribution in [0.4, 0.5) is 4.39 Å². The fourth-order valence-corrected chi connectivity index (χ4v) is 3.24. The Morgan fingerprint density at radius 1 is 1.25 bits per heavy atom. The Labute approximate surface area is 125 Å². The van der Waals surface area contributed by atoms with Gasteiger partial charge < -0.3 is 10.2 Å². The zero-order valence-corrected chi connectivity index (χ0v) is 13.0. The van der Waals surface area contributed by atoms with Crippen LogP contribution in [-0.4, -0.2) is 68.4 Å². The third-order valence-corrected chi connectivity index (χ3v) is 4.60. The molecule has 112 valence electrons. The van der Waals surface area contributed by atoms with Crippen molar-refractivity contribution in [3.63, 3.8) is 0 Å². The first kappa shape index (κ1) is 15.8. The van der Waals surface area contributed by atoms with E-state index in [1.165, 1.54) is 6.07 Å². The highest BCUT2D eigenvalue weighted by molar-refractivity contribution is 7.99. The lowest BCUT2D eigenvalue weighted by molar-refractivity contribution is 0.209. The number of benzene rings is 1. The predicted molar refractivity (Wildman–Crippen MR) is 83.9 cm³/mol. The van der Waals surface area contributed by atoms with Gasteiger partial charge in [0.05, 0.1) is 0 Å². The maximum absolute atomic E-state index is 13.5. The van der Waals surface area contributed by atoms with Crippen LogP contribution in [0.1, 0.15) is 0 Å². The van der Waals surface area contributed by atoms with Crippen LogP contribution in [-0.2, 0) is 0 Å². The molecule has 1 fully saturated rings. The fraction of sp³-hybridized carbons (Fsp3) is 0.600. The lowest BCUT2D eigenvalue weighted by atomic mass is 10.3. The molecule has 20 heavy (non-hydrogen) atoms. The standard InChI is InChI=1S/C15H24FN3S/c1-18(10-11-19-8-6-17-7-9-19)12-13-20-15-5-3-2-4-14(15)16/h2-5,17H,6-13H2,1H3. The van der Waals surface area contributed by atoms with Crippen LogP contribution in [0.25, 0.3) is 0 Å². The smallest absolute Gasteiger partial charge is 0.136 e. The van der Waals surface area contributed by atoms with Gasteiger partial charge in [0.2, 0.25) is 0 Å². The van der Waals surface area contributed by atoms with E-state index >= 15 is 0 Å². The molecular formula is C15H24FN3S. The third kappa shape index (κ3) is 5.40. The highest BCUT2D eigenvalue weighted by Gasteiger charge is 2.10. The Kier molecular flexibility index (Phi) is 6.79. The van der Waals surface area contributed by atoms with Crippen LogP contribution in [0.2, 0.25) is 0 Å². The van der Waals surface area contributed by atoms with Crippen LogP contribution in [0.3, 0.4) is 0 Å². The predicted octanol–water partition coefficient (Wildman–Crippen LogP) is 1.75. The first-order valence-electron chi connectivity index (χ1n) is 7.24. The van der Waals surface area contributed by atoms with Gasteiger partial charge in [-0.2, -0.15) is 0 Å². The normalized spacial score (nSPS) is 16.8. The third-order valence-electron chi connectivity index (χ3n) is 3.57. The molecule has 1 heterocycles. The van der Waals surface area contributed by atoms with Crippen molar-refractivity contribution in [2.24, 2.45) is 0 Å². The first-order chi connectivity index (χ1) is 9.75. The number of rotatable bonds is 7. The summed E-state index contributed by atoms with van der Waals surface area (Å²) in [6, 6.07) is 7.00. The zero-order chi connectivity index (χ0) is 14.2. The molecule has 0 aromatic heterocycles. The lowest BCUT2D eigenvalue weighted by Gasteiger charge is -2.29. The summed E-state index contributed by atoms with van der Waals surface area (Å²) in [7, 11) is 2.14. The summed E-state index contributed by atoms with van der Waals surface area (Å²) < 4.78 is 13.5. The van der Waals surface area contributed by atoms with Crippen LogP contribution < -0.4 is 5.32 Å². The number of nitrogens with one attached hydrogen (secondary N) is 1. The molecule has 0 amide bonds. The summed E-state index contributed by atoms with van der Waals surface area (Å²) >= 11 is 1.60. The minimum absolute atomic E-state index is 0.110. The molecule has 1 saturated heterocycles. The summed E-state index contributed by atoms with van der Waals surface area (Å²) in [4.78, 5) is 5.58. The van der Waals surface area contributed by atoms with Crippen LogP contribution in [0.15, 0.2) is 29.2 Å². The van der Waals surface area contributed by atoms with Gasteiger partial charge in [0, 0.05) is 56.5 Å². The van der Waals surface area contributed by atoms with Gasteiger partial charge in [0.25, 0.3) is 0 Å². The van der Waals surface area contributed by atoms with Crippen LogP contribution in [0, 0.1) is 5.82 Å². The Bertz CT molecular complexity index is 396. The van der Waals surface area contributed by atoms with Crippen LogP contribution in [0.5, 0.6) is 0 Å². The van der Waals surface area contributed by atoms with E-state index in [-0.39, 0.29) is 5.82 Å². The second-order valence-corrected chi connectivity index (χ2v) is 6.31. The topological polar surface area (TPSA) is 18.5 Å². The van der Waals surface area contributed by atoms with Crippen molar-refractivity contribution in [2.75, 3.05) is 58.6 Å². The molecule has 1 aliphatic rings. The largest absolute Gasteiger partial charge is 0.314 e. The zero-order valence-electron chi connectivity index (χ0n) is 12.1. The average molecular weight is 297 g/mol. The van der Waals surface area contributed by atoms with E-state index in [4.69, 9.17) is 0 Å². The molecule has 0 saturated carbocycles. The first-order valence-corrected chi connectivity index (χ1v) is 8.23. The van der Waals surface area contributed by atoms with E-state index in [9.17, 15) is 4.39 Å². The Morgan fingerprint density at radius 3 is 2.75 bits per heavy atom. The molecule has 1 aromatic rings. The van der Waals surface area contributed by atoms with Gasteiger partial charge in [-0.15, -0.1) is 11.8 Å². The van der Waals surface area contributed by atoms with E-state index in [1.807, 2.05) is 12.1 Å². The van der Waals surface area contributed by atoms with Crippen molar-refractivity contribution in [1.82, 2.24) is 15.1 Å². The van der Waals surface area contributed by atoms with Gasteiger partial charge in [-0.3, -0.25) is 4.90 Å². The van der Waals surface area contributed by atoms with Gasteiger partial charge in [-0.1, -0.05) is 12.1 Å². The summed E-state index contributed by atoms with van der Waals surface area (Å²) in [5.74, 6) is 0.819. The highest BCUT2D eigenvalue weighted by atomic mass is 32.2. The second kappa shape index (κ2) is 8.62. The number of hydrogen-bond donors (Lipinski definition) is 1. The van der Waals surface area contributed by atoms with E-state index in [0.29, 0.717) is 0 Å². The number of hydrogen-bond acceptors (Lipinski definition) is 4. The molecule has 0 atom stereocenters. The fourth-order valence-electron chi connectivity index (χ4n) is 2.23. The molecule has 0 aliphatic carbocycles. The number of halogens is 1. The highest BCUT2D eigenvalue weighted by Crippen LogP contribution is 2.20. The Hall–Kier alpha value is -0.620. The monoisotopic (exact) mass is 297 g/mol. The van der Waals surface area contributed by atoms with Crippen LogP contribution >= 0.6 is 11.8 Å². The number of thioether (sulfide) groups is 1. The van der Waals surface area contributed by atoms with Crippen molar-refractivity contribution in [3.05, 3.63) is 30.1 Å². The summed E-state index contributed by atoms with van der Waals surface area (Å²) in [5.41, 5.74) is 0. The number of piperazine rings is 1. The molecule has 5 heteroatoms. The Balaban J connectivity index is 1.60. The van der Waals surface area contributed by atoms with Crippen molar-refractivity contribution in [3.8, 4) is 0 Å². The van der Waals surface area contributed by atoms with Gasteiger partial charge in [0.1, 0.15) is 5.82 Å². The van der Waals surface area contributed by atoms with Gasteiger partial charge >= 0.3 is 0 Å². The molecule has 0 radical (unpaired) electrons. The molecule has 0 unspecified atom stereocenters. The number of likely N-dealkylation sites (N-methyl/N-ethyl adjacent to an activating group) is 1. The molecule has 1 aromatic carbocycles.